The van der Waals surface area contributed by atoms with Crippen molar-refractivity contribution in [2.24, 2.45) is 11.3 Å². The highest BCUT2D eigenvalue weighted by molar-refractivity contribution is 5.05. The predicted octanol–water partition coefficient (Wildman–Crippen LogP) is 3.15. The smallest absolute Gasteiger partial charge is 0.122 e. The lowest BCUT2D eigenvalue weighted by Gasteiger charge is -2.29. The number of hydrogen-bond acceptors (Lipinski definition) is 3. The lowest BCUT2D eigenvalue weighted by molar-refractivity contribution is 0.222. The summed E-state index contributed by atoms with van der Waals surface area (Å²) in [6.45, 7) is 11.1. The van der Waals surface area contributed by atoms with E-state index in [0.29, 0.717) is 17.4 Å². The Hall–Kier alpha value is -0.800. The van der Waals surface area contributed by atoms with Crippen LogP contribution in [0.3, 0.4) is 0 Å². The molecule has 0 amide bonds. The molecule has 1 heterocycles. The van der Waals surface area contributed by atoms with Gasteiger partial charge in [0.25, 0.3) is 0 Å². The average molecular weight is 252 g/mol. The van der Waals surface area contributed by atoms with Crippen molar-refractivity contribution >= 4 is 0 Å². The molecule has 0 spiro atoms. The zero-order chi connectivity index (χ0) is 13.8. The summed E-state index contributed by atoms with van der Waals surface area (Å²) in [7, 11) is 4.17. The van der Waals surface area contributed by atoms with Crippen LogP contribution in [0.25, 0.3) is 0 Å². The quantitative estimate of drug-likeness (QED) is 0.843. The van der Waals surface area contributed by atoms with Crippen LogP contribution in [0.1, 0.15) is 39.5 Å². The van der Waals surface area contributed by atoms with Gasteiger partial charge in [-0.25, -0.2) is 0 Å². The number of rotatable bonds is 6. The van der Waals surface area contributed by atoms with Gasteiger partial charge in [0.2, 0.25) is 0 Å². The first kappa shape index (κ1) is 15.3. The summed E-state index contributed by atoms with van der Waals surface area (Å²) < 4.78 is 5.50. The SMILES string of the molecule is CC(CNCC(c1ccco1)N(C)C)C(C)(C)C. The molecule has 1 N–H and O–H groups in total. The van der Waals surface area contributed by atoms with E-state index in [-0.39, 0.29) is 0 Å². The maximum atomic E-state index is 5.50. The van der Waals surface area contributed by atoms with Crippen LogP contribution in [0.4, 0.5) is 0 Å². The van der Waals surface area contributed by atoms with Crippen LogP contribution in [-0.2, 0) is 0 Å². The largest absolute Gasteiger partial charge is 0.468 e. The zero-order valence-electron chi connectivity index (χ0n) is 12.7. The van der Waals surface area contributed by atoms with Crippen molar-refractivity contribution in [2.45, 2.75) is 33.7 Å². The van der Waals surface area contributed by atoms with Gasteiger partial charge in [-0.05, 0) is 44.1 Å². The second-order valence-electron chi connectivity index (χ2n) is 6.42. The zero-order valence-corrected chi connectivity index (χ0v) is 12.7. The summed E-state index contributed by atoms with van der Waals surface area (Å²) in [6, 6.07) is 4.29. The lowest BCUT2D eigenvalue weighted by Crippen LogP contribution is -2.35. The first-order valence-corrected chi connectivity index (χ1v) is 6.73. The van der Waals surface area contributed by atoms with Crippen LogP contribution < -0.4 is 5.32 Å². The fourth-order valence-corrected chi connectivity index (χ4v) is 1.76. The first-order valence-electron chi connectivity index (χ1n) is 6.73. The monoisotopic (exact) mass is 252 g/mol. The number of furan rings is 1. The van der Waals surface area contributed by atoms with Gasteiger partial charge in [0.05, 0.1) is 12.3 Å². The van der Waals surface area contributed by atoms with Crippen LogP contribution >= 0.6 is 0 Å². The van der Waals surface area contributed by atoms with Crippen molar-refractivity contribution in [1.29, 1.82) is 0 Å². The maximum Gasteiger partial charge on any atom is 0.122 e. The Morgan fingerprint density at radius 2 is 1.94 bits per heavy atom. The van der Waals surface area contributed by atoms with Gasteiger partial charge in [-0.2, -0.15) is 0 Å². The van der Waals surface area contributed by atoms with Crippen molar-refractivity contribution in [3.05, 3.63) is 24.2 Å². The van der Waals surface area contributed by atoms with E-state index >= 15 is 0 Å². The molecule has 2 unspecified atom stereocenters. The molecule has 3 heteroatoms. The maximum absolute atomic E-state index is 5.50. The van der Waals surface area contributed by atoms with E-state index in [1.807, 2.05) is 12.1 Å². The average Bonchev–Trinajstić information content (AvgIpc) is 2.75. The topological polar surface area (TPSA) is 28.4 Å². The molecule has 0 saturated carbocycles. The molecule has 104 valence electrons. The molecule has 0 bridgehead atoms. The standard InChI is InChI=1S/C15H28N2O/c1-12(15(2,3)4)10-16-11-13(17(5)6)14-8-7-9-18-14/h7-9,12-13,16H,10-11H2,1-6H3. The predicted molar refractivity (Wildman–Crippen MR) is 76.6 cm³/mol. The number of nitrogens with one attached hydrogen (secondary N) is 1. The highest BCUT2D eigenvalue weighted by Gasteiger charge is 2.21. The number of likely N-dealkylation sites (N-methyl/N-ethyl adjacent to an activating group) is 1. The molecule has 0 radical (unpaired) electrons. The highest BCUT2D eigenvalue weighted by Crippen LogP contribution is 2.24. The van der Waals surface area contributed by atoms with E-state index in [2.05, 4.69) is 52.0 Å². The lowest BCUT2D eigenvalue weighted by atomic mass is 9.82. The van der Waals surface area contributed by atoms with E-state index in [1.54, 1.807) is 6.26 Å². The van der Waals surface area contributed by atoms with Crippen LogP contribution in [0.5, 0.6) is 0 Å². The Kier molecular flexibility index (Phi) is 5.42. The van der Waals surface area contributed by atoms with Crippen molar-refractivity contribution in [2.75, 3.05) is 27.2 Å². The summed E-state index contributed by atoms with van der Waals surface area (Å²) in [4.78, 5) is 2.19. The van der Waals surface area contributed by atoms with E-state index in [9.17, 15) is 0 Å². The van der Waals surface area contributed by atoms with Gasteiger partial charge >= 0.3 is 0 Å². The Balaban J connectivity index is 2.45. The second-order valence-corrected chi connectivity index (χ2v) is 6.42. The minimum absolute atomic E-state index is 0.298. The van der Waals surface area contributed by atoms with Crippen LogP contribution in [0.15, 0.2) is 22.8 Å². The van der Waals surface area contributed by atoms with E-state index in [1.165, 1.54) is 0 Å². The number of hydrogen-bond donors (Lipinski definition) is 1. The van der Waals surface area contributed by atoms with Gasteiger partial charge in [0, 0.05) is 6.54 Å². The molecule has 18 heavy (non-hydrogen) atoms. The molecule has 0 aliphatic rings. The molecule has 0 saturated heterocycles. The molecule has 0 aromatic carbocycles. The van der Waals surface area contributed by atoms with Crippen LogP contribution in [0, 0.1) is 11.3 Å². The van der Waals surface area contributed by atoms with Crippen molar-refractivity contribution < 1.29 is 4.42 Å². The van der Waals surface area contributed by atoms with E-state index in [4.69, 9.17) is 4.42 Å². The first-order chi connectivity index (χ1) is 8.32. The molecular formula is C15H28N2O. The van der Waals surface area contributed by atoms with Gasteiger partial charge in [0.1, 0.15) is 5.76 Å². The van der Waals surface area contributed by atoms with Gasteiger partial charge < -0.3 is 9.73 Å². The van der Waals surface area contributed by atoms with Gasteiger partial charge in [-0.15, -0.1) is 0 Å². The number of nitrogens with zero attached hydrogens (tertiary/aromatic N) is 1. The normalized spacial score (nSPS) is 15.9. The van der Waals surface area contributed by atoms with Gasteiger partial charge in [0.15, 0.2) is 0 Å². The van der Waals surface area contributed by atoms with E-state index < -0.39 is 0 Å². The molecule has 3 nitrogen and oxygen atoms in total. The Morgan fingerprint density at radius 3 is 2.39 bits per heavy atom. The molecule has 1 aromatic heterocycles. The van der Waals surface area contributed by atoms with Crippen molar-refractivity contribution in [3.63, 3.8) is 0 Å². The Labute approximate surface area is 112 Å². The van der Waals surface area contributed by atoms with Crippen LogP contribution in [-0.4, -0.2) is 32.1 Å². The molecule has 1 rings (SSSR count). The molecule has 0 aliphatic heterocycles. The second kappa shape index (κ2) is 6.39. The summed E-state index contributed by atoms with van der Waals surface area (Å²) in [6.07, 6.45) is 1.74. The highest BCUT2D eigenvalue weighted by atomic mass is 16.3. The third-order valence-electron chi connectivity index (χ3n) is 3.76. The molecule has 0 fully saturated rings. The molecule has 2 atom stereocenters. The molecule has 0 aliphatic carbocycles. The summed E-state index contributed by atoms with van der Waals surface area (Å²) in [5.41, 5.74) is 0.352. The van der Waals surface area contributed by atoms with Crippen molar-refractivity contribution in [1.82, 2.24) is 10.2 Å². The Bertz CT molecular complexity index is 325. The fourth-order valence-electron chi connectivity index (χ4n) is 1.76. The summed E-state index contributed by atoms with van der Waals surface area (Å²) in [5, 5.41) is 3.56. The fraction of sp³-hybridized carbons (Fsp3) is 0.733. The molecular weight excluding hydrogens is 224 g/mol. The van der Waals surface area contributed by atoms with Gasteiger partial charge in [-0.1, -0.05) is 27.7 Å². The summed E-state index contributed by atoms with van der Waals surface area (Å²) in [5.74, 6) is 1.67. The minimum Gasteiger partial charge on any atom is -0.468 e. The minimum atomic E-state index is 0.298. The molecule has 1 aromatic rings. The third-order valence-corrected chi connectivity index (χ3v) is 3.76. The van der Waals surface area contributed by atoms with Crippen molar-refractivity contribution in [3.8, 4) is 0 Å². The van der Waals surface area contributed by atoms with E-state index in [0.717, 1.165) is 18.8 Å². The Morgan fingerprint density at radius 1 is 1.28 bits per heavy atom. The van der Waals surface area contributed by atoms with Crippen LogP contribution in [0.2, 0.25) is 0 Å². The van der Waals surface area contributed by atoms with Gasteiger partial charge in [-0.3, -0.25) is 4.90 Å². The summed E-state index contributed by atoms with van der Waals surface area (Å²) >= 11 is 0. The third kappa shape index (κ3) is 4.46.